The molecule has 1 aromatic carbocycles. The summed E-state index contributed by atoms with van der Waals surface area (Å²) >= 11 is 0. The largest absolute Gasteiger partial charge is 0.507 e. The Morgan fingerprint density at radius 1 is 1.54 bits per heavy atom. The molecule has 0 unspecified atom stereocenters. The molecule has 0 aliphatic rings. The fourth-order valence-corrected chi connectivity index (χ4v) is 0.946. The van der Waals surface area contributed by atoms with Crippen LogP contribution in [0.15, 0.2) is 23.4 Å². The summed E-state index contributed by atoms with van der Waals surface area (Å²) in [6.45, 7) is 4.34. The zero-order valence-corrected chi connectivity index (χ0v) is 7.82. The lowest BCUT2D eigenvalue weighted by Gasteiger charge is -1.99. The van der Waals surface area contributed by atoms with Gasteiger partial charge in [0.1, 0.15) is 12.4 Å². The van der Waals surface area contributed by atoms with Crippen molar-refractivity contribution in [2.24, 2.45) is 5.16 Å². The molecule has 0 aromatic heterocycles. The van der Waals surface area contributed by atoms with Gasteiger partial charge in [0.15, 0.2) is 0 Å². The zero-order chi connectivity index (χ0) is 9.68. The molecule has 1 rings (SSSR count). The molecule has 0 aliphatic carbocycles. The molecule has 3 heteroatoms. The Morgan fingerprint density at radius 3 is 3.00 bits per heavy atom. The van der Waals surface area contributed by atoms with Gasteiger partial charge in [0.05, 0.1) is 6.21 Å². The number of hydrogen-bond donors (Lipinski definition) is 1. The van der Waals surface area contributed by atoms with Crippen LogP contribution in [0.3, 0.4) is 0 Å². The molecule has 1 N–H and O–H groups in total. The van der Waals surface area contributed by atoms with Gasteiger partial charge < -0.3 is 9.94 Å². The van der Waals surface area contributed by atoms with Crippen LogP contribution in [0.1, 0.15) is 18.1 Å². The lowest BCUT2D eigenvalue weighted by Crippen LogP contribution is -1.86. The fourth-order valence-electron chi connectivity index (χ4n) is 0.946. The van der Waals surface area contributed by atoms with Gasteiger partial charge in [0.25, 0.3) is 0 Å². The molecule has 0 amide bonds. The third-order valence-corrected chi connectivity index (χ3v) is 1.58. The van der Waals surface area contributed by atoms with Crippen molar-refractivity contribution in [1.29, 1.82) is 0 Å². The SMILES string of the molecule is CCO/N=C/c1cc(C)ccc1O. The molecule has 0 aliphatic heterocycles. The first-order valence-corrected chi connectivity index (χ1v) is 4.19. The van der Waals surface area contributed by atoms with Crippen molar-refractivity contribution in [1.82, 2.24) is 0 Å². The van der Waals surface area contributed by atoms with Gasteiger partial charge in [0, 0.05) is 5.56 Å². The Balaban J connectivity index is 2.81. The molecule has 0 radical (unpaired) electrons. The number of benzene rings is 1. The van der Waals surface area contributed by atoms with Crippen molar-refractivity contribution >= 4 is 6.21 Å². The van der Waals surface area contributed by atoms with Gasteiger partial charge >= 0.3 is 0 Å². The van der Waals surface area contributed by atoms with E-state index in [0.717, 1.165) is 5.56 Å². The number of phenolic OH excluding ortho intramolecular Hbond substituents is 1. The Morgan fingerprint density at radius 2 is 2.31 bits per heavy atom. The molecule has 3 nitrogen and oxygen atoms in total. The first-order chi connectivity index (χ1) is 6.24. The zero-order valence-electron chi connectivity index (χ0n) is 7.82. The Kier molecular flexibility index (Phi) is 3.31. The maximum Gasteiger partial charge on any atom is 0.124 e. The minimum Gasteiger partial charge on any atom is -0.507 e. The predicted molar refractivity (Wildman–Crippen MR) is 52.1 cm³/mol. The molecular weight excluding hydrogens is 166 g/mol. The average molecular weight is 179 g/mol. The number of aromatic hydroxyl groups is 1. The van der Waals surface area contributed by atoms with E-state index in [-0.39, 0.29) is 5.75 Å². The normalized spacial score (nSPS) is 10.6. The summed E-state index contributed by atoms with van der Waals surface area (Å²) in [4.78, 5) is 4.79. The molecule has 0 spiro atoms. The quantitative estimate of drug-likeness (QED) is 0.570. The standard InChI is InChI=1S/C10H13NO2/c1-3-13-11-7-9-6-8(2)4-5-10(9)12/h4-7,12H,3H2,1-2H3/b11-7+. The second-order valence-electron chi connectivity index (χ2n) is 2.71. The summed E-state index contributed by atoms with van der Waals surface area (Å²) in [5.74, 6) is 0.217. The highest BCUT2D eigenvalue weighted by Gasteiger charge is 1.97. The smallest absolute Gasteiger partial charge is 0.124 e. The van der Waals surface area contributed by atoms with E-state index in [1.165, 1.54) is 6.21 Å². The Hall–Kier alpha value is -1.51. The number of phenols is 1. The van der Waals surface area contributed by atoms with Crippen LogP contribution in [0.25, 0.3) is 0 Å². The highest BCUT2D eigenvalue weighted by atomic mass is 16.6. The molecule has 0 fully saturated rings. The van der Waals surface area contributed by atoms with E-state index < -0.39 is 0 Å². The summed E-state index contributed by atoms with van der Waals surface area (Å²) < 4.78 is 0. The van der Waals surface area contributed by atoms with Crippen LogP contribution in [0.5, 0.6) is 5.75 Å². The lowest BCUT2D eigenvalue weighted by atomic mass is 10.1. The van der Waals surface area contributed by atoms with Gasteiger partial charge in [-0.2, -0.15) is 0 Å². The van der Waals surface area contributed by atoms with Gasteiger partial charge in [-0.25, -0.2) is 0 Å². The van der Waals surface area contributed by atoms with Crippen molar-refractivity contribution in [3.05, 3.63) is 29.3 Å². The van der Waals surface area contributed by atoms with Crippen LogP contribution < -0.4 is 0 Å². The van der Waals surface area contributed by atoms with Crippen LogP contribution >= 0.6 is 0 Å². The number of nitrogens with zero attached hydrogens (tertiary/aromatic N) is 1. The monoisotopic (exact) mass is 179 g/mol. The number of hydrogen-bond acceptors (Lipinski definition) is 3. The van der Waals surface area contributed by atoms with E-state index in [1.807, 2.05) is 26.0 Å². The van der Waals surface area contributed by atoms with E-state index in [1.54, 1.807) is 6.07 Å². The highest BCUT2D eigenvalue weighted by Crippen LogP contribution is 2.15. The highest BCUT2D eigenvalue weighted by molar-refractivity contribution is 5.83. The van der Waals surface area contributed by atoms with Crippen LogP contribution in [0.4, 0.5) is 0 Å². The van der Waals surface area contributed by atoms with Crippen molar-refractivity contribution < 1.29 is 9.94 Å². The minimum atomic E-state index is 0.217. The number of oxime groups is 1. The second-order valence-corrected chi connectivity index (χ2v) is 2.71. The molecule has 70 valence electrons. The Bertz CT molecular complexity index is 308. The first kappa shape index (κ1) is 9.58. The second kappa shape index (κ2) is 4.50. The third-order valence-electron chi connectivity index (χ3n) is 1.58. The maximum absolute atomic E-state index is 9.39. The summed E-state index contributed by atoms with van der Waals surface area (Å²) in [5, 5.41) is 13.1. The molecule has 0 heterocycles. The van der Waals surface area contributed by atoms with E-state index in [4.69, 9.17) is 4.84 Å². The third kappa shape index (κ3) is 2.78. The maximum atomic E-state index is 9.39. The van der Waals surface area contributed by atoms with E-state index in [9.17, 15) is 5.11 Å². The number of rotatable bonds is 3. The molecular formula is C10H13NO2. The van der Waals surface area contributed by atoms with E-state index in [2.05, 4.69) is 5.16 Å². The average Bonchev–Trinajstić information content (AvgIpc) is 2.11. The van der Waals surface area contributed by atoms with Crippen LogP contribution in [0, 0.1) is 6.92 Å². The predicted octanol–water partition coefficient (Wildman–Crippen LogP) is 2.07. The summed E-state index contributed by atoms with van der Waals surface area (Å²) in [6.07, 6.45) is 1.51. The van der Waals surface area contributed by atoms with E-state index >= 15 is 0 Å². The van der Waals surface area contributed by atoms with Gasteiger partial charge in [-0.1, -0.05) is 16.8 Å². The minimum absolute atomic E-state index is 0.217. The summed E-state index contributed by atoms with van der Waals surface area (Å²) in [5.41, 5.74) is 1.75. The van der Waals surface area contributed by atoms with Crippen LogP contribution in [-0.4, -0.2) is 17.9 Å². The molecule has 1 aromatic rings. The molecule has 0 atom stereocenters. The van der Waals surface area contributed by atoms with Crippen LogP contribution in [0.2, 0.25) is 0 Å². The molecule has 13 heavy (non-hydrogen) atoms. The molecule has 0 saturated carbocycles. The summed E-state index contributed by atoms with van der Waals surface area (Å²) in [7, 11) is 0. The van der Waals surface area contributed by atoms with Gasteiger partial charge in [0.2, 0.25) is 0 Å². The topological polar surface area (TPSA) is 41.8 Å². The fraction of sp³-hybridized carbons (Fsp3) is 0.300. The van der Waals surface area contributed by atoms with Gasteiger partial charge in [-0.15, -0.1) is 0 Å². The van der Waals surface area contributed by atoms with Crippen LogP contribution in [-0.2, 0) is 4.84 Å². The number of aryl methyl sites for hydroxylation is 1. The summed E-state index contributed by atoms with van der Waals surface area (Å²) in [6, 6.07) is 5.33. The lowest BCUT2D eigenvalue weighted by molar-refractivity contribution is 0.160. The molecule has 0 bridgehead atoms. The van der Waals surface area contributed by atoms with Gasteiger partial charge in [-0.3, -0.25) is 0 Å². The van der Waals surface area contributed by atoms with Crippen molar-refractivity contribution in [2.45, 2.75) is 13.8 Å². The molecule has 0 saturated heterocycles. The van der Waals surface area contributed by atoms with Gasteiger partial charge in [-0.05, 0) is 26.0 Å². The van der Waals surface area contributed by atoms with Crippen molar-refractivity contribution in [3.8, 4) is 5.75 Å². The van der Waals surface area contributed by atoms with E-state index in [0.29, 0.717) is 12.2 Å². The van der Waals surface area contributed by atoms with Crippen molar-refractivity contribution in [2.75, 3.05) is 6.61 Å². The van der Waals surface area contributed by atoms with Crippen molar-refractivity contribution in [3.63, 3.8) is 0 Å². The Labute approximate surface area is 77.6 Å². The first-order valence-electron chi connectivity index (χ1n) is 4.19.